The molecule has 15 aromatic carbocycles. The van der Waals surface area contributed by atoms with Gasteiger partial charge in [-0.2, -0.15) is 27.4 Å². The van der Waals surface area contributed by atoms with Gasteiger partial charge in [-0.05, 0) is 213 Å². The molecule has 0 aliphatic carbocycles. The molecule has 0 fully saturated rings. The SMILES string of the molecule is Cc1c(-c2ccc(/C=C/c3ccccc3)cc2)c(C)[n+]2n1-c1cccc3c1C21c2c(ccc4c5ccccc5n(c24)-c2cccc[n+]21)O3.Cc1c(-c2ccc(C#Cn3c4ccccc4c4ccccc43)cc2)c(C)[n+]2n1-c1cccc3c1C21c2c(ccc4c5ccccc5n(c24)-c2cccc[n+]21)O3.Cc1c(C#Cc2ccccc2)c(C)[n+]2n1-c1cccc3c1C21c2c(ccc4c5ccccc5n(c24)-c2cccc[n+]21)O3. The van der Waals surface area contributed by atoms with Gasteiger partial charge >= 0.3 is 17.0 Å². The number of pyridine rings is 3. The molecule has 0 N–H and O–H groups in total. The maximum absolute atomic E-state index is 6.88. The molecule has 0 bridgehead atoms. The van der Waals surface area contributed by atoms with E-state index < -0.39 is 17.0 Å². The van der Waals surface area contributed by atoms with E-state index in [0.717, 1.165) is 136 Å². The van der Waals surface area contributed by atoms with Gasteiger partial charge in [0, 0.05) is 99.2 Å². The second-order valence-corrected chi connectivity index (χ2v) is 39.3. The van der Waals surface area contributed by atoms with Crippen molar-refractivity contribution < 1.29 is 42.0 Å². The average molecular weight is 1870 g/mol. The molecule has 3 unspecified atom stereocenters. The van der Waals surface area contributed by atoms with Gasteiger partial charge in [0.2, 0.25) is 17.1 Å². The van der Waals surface area contributed by atoms with Gasteiger partial charge in [0.15, 0.2) is 33.2 Å². The van der Waals surface area contributed by atoms with Crippen LogP contribution in [0, 0.1) is 65.3 Å². The summed E-state index contributed by atoms with van der Waals surface area (Å²) >= 11 is 0. The summed E-state index contributed by atoms with van der Waals surface area (Å²) in [6, 6.07) is 137. The van der Waals surface area contributed by atoms with Crippen molar-refractivity contribution in [2.24, 2.45) is 0 Å². The van der Waals surface area contributed by atoms with Gasteiger partial charge in [0.05, 0.1) is 52.1 Å². The number of nitrogens with zero attached hydrogens (tertiary/aromatic N) is 13. The molecule has 0 amide bonds. The Morgan fingerprint density at radius 2 is 0.586 bits per heavy atom. The molecule has 16 nitrogen and oxygen atoms in total. The predicted molar refractivity (Wildman–Crippen MR) is 565 cm³/mol. The van der Waals surface area contributed by atoms with E-state index in [-0.39, 0.29) is 0 Å². The van der Waals surface area contributed by atoms with Crippen LogP contribution < -0.4 is 42.0 Å². The number of aromatic nitrogens is 13. The lowest BCUT2D eigenvalue weighted by Gasteiger charge is -2.33. The molecule has 25 aromatic rings. The second-order valence-electron chi connectivity index (χ2n) is 39.3. The molecule has 3 spiro atoms. The maximum atomic E-state index is 6.88. The third kappa shape index (κ3) is 9.87. The summed E-state index contributed by atoms with van der Waals surface area (Å²) in [7, 11) is 0. The summed E-state index contributed by atoms with van der Waals surface area (Å²) in [5, 5.41) is 9.85. The van der Waals surface area contributed by atoms with E-state index in [1.54, 1.807) is 0 Å². The Morgan fingerprint density at radius 1 is 0.255 bits per heavy atom. The Labute approximate surface area is 831 Å². The first kappa shape index (κ1) is 79.7. The smallest absolute Gasteiger partial charge is 0.397 e. The Bertz CT molecular complexity index is 10400. The molecule has 678 valence electrons. The predicted octanol–water partition coefficient (Wildman–Crippen LogP) is 24.3. The van der Waals surface area contributed by atoms with Crippen LogP contribution in [0.15, 0.2) is 395 Å². The van der Waals surface area contributed by atoms with Crippen molar-refractivity contribution in [1.82, 2.24) is 32.3 Å². The number of para-hydroxylation sites is 5. The van der Waals surface area contributed by atoms with Crippen LogP contribution in [0.3, 0.4) is 0 Å². The lowest BCUT2D eigenvalue weighted by molar-refractivity contribution is -0.996. The molecule has 3 atom stereocenters. The fraction of sp³-hybridized carbons (Fsp3) is 0.0698. The van der Waals surface area contributed by atoms with Crippen LogP contribution in [0.4, 0.5) is 0 Å². The Kier molecular flexibility index (Phi) is 15.7. The fourth-order valence-electron chi connectivity index (χ4n) is 27.0. The third-order valence-corrected chi connectivity index (χ3v) is 32.3. The van der Waals surface area contributed by atoms with Gasteiger partial charge in [-0.15, -0.1) is 14.0 Å². The third-order valence-electron chi connectivity index (χ3n) is 32.3. The summed E-state index contributed by atoms with van der Waals surface area (Å²) < 4.78 is 52.1. The molecule has 145 heavy (non-hydrogen) atoms. The topological polar surface area (TPSA) is 85.5 Å². The van der Waals surface area contributed by atoms with Gasteiger partial charge in [0.25, 0.3) is 17.5 Å². The lowest BCUT2D eigenvalue weighted by atomic mass is 9.84. The van der Waals surface area contributed by atoms with E-state index in [9.17, 15) is 0 Å². The van der Waals surface area contributed by atoms with E-state index in [2.05, 4.69) is 514 Å². The van der Waals surface area contributed by atoms with E-state index in [1.807, 2.05) is 18.2 Å². The van der Waals surface area contributed by atoms with Crippen molar-refractivity contribution in [1.29, 1.82) is 0 Å². The van der Waals surface area contributed by atoms with Crippen molar-refractivity contribution in [3.8, 4) is 115 Å². The van der Waals surface area contributed by atoms with Gasteiger partial charge in [-0.3, -0.25) is 4.57 Å². The quantitative estimate of drug-likeness (QED) is 0.0999. The number of hydrogen-bond acceptors (Lipinski definition) is 3. The van der Waals surface area contributed by atoms with Gasteiger partial charge in [-0.25, -0.2) is 0 Å². The summed E-state index contributed by atoms with van der Waals surface area (Å²) in [6.45, 7) is 13.5. The highest BCUT2D eigenvalue weighted by atomic mass is 16.5. The average Bonchev–Trinajstić information content (AvgIpc) is 1.47. The van der Waals surface area contributed by atoms with Crippen LogP contribution in [0.1, 0.15) is 95.4 Å². The number of ether oxygens (including phenoxy) is 3. The highest BCUT2D eigenvalue weighted by Gasteiger charge is 2.74. The standard InChI is InChI=1S/C49H31N5O.C43H30N4O.C37H24N4O/c1-30-45(33-23-21-32(22-24-33)27-29-50-38-15-6-3-12-34(38)35-13-4-7-16-39(35)50)31(2)54-49-46-41(53(30)54)18-11-19-42(46)55-43-26-25-37-36-14-5-8-17-40(36)52(48(37)47(43)49)44-20-9-10-28-51(44)49;1-27-39(31-22-20-30(21-23-31)19-18-29-11-4-3-5-12-29)28(2)47-43-40-35(46(27)47)15-10-16-36(40)48-37-25-24-33-32-13-6-7-14-34(32)45(42(33)41(37)43)38-17-8-9-26-44(38)43;1-23-26(19-18-25-11-4-3-5-12-25)24(2)41-37-34-30(40(23)41)15-10-16-31(34)42-32-21-20-28-27-13-6-7-14-29(27)39(36(28)35(32)37)33-17-8-9-22-38(33)37/h3-26,28H,1-2H3;3-26H,1-2H3;3-17,20-22H,1-2H3/q3*+2/b;19-18+;. The minimum Gasteiger partial charge on any atom is -0.456 e. The zero-order valence-electron chi connectivity index (χ0n) is 79.7. The number of hydrogen-bond donors (Lipinski definition) is 0. The van der Waals surface area contributed by atoms with Crippen molar-refractivity contribution >= 4 is 99.4 Å². The number of fused-ring (bicyclic) bond motifs is 24. The van der Waals surface area contributed by atoms with Gasteiger partial charge < -0.3 is 14.2 Å². The van der Waals surface area contributed by atoms with Crippen LogP contribution >= 0.6 is 0 Å². The number of benzene rings is 15. The molecular formula is C129H85N13O3+6. The first-order valence-electron chi connectivity index (χ1n) is 49.6. The first-order valence-corrected chi connectivity index (χ1v) is 49.6. The van der Waals surface area contributed by atoms with E-state index in [0.29, 0.717) is 0 Å². The molecule has 16 heteroatoms. The van der Waals surface area contributed by atoms with Gasteiger partial charge in [0.1, 0.15) is 96.1 Å². The largest absolute Gasteiger partial charge is 0.456 e. The number of rotatable bonds is 4. The lowest BCUT2D eigenvalue weighted by Crippen LogP contribution is -2.77. The molecular weight excluding hydrogens is 1780 g/mol. The maximum Gasteiger partial charge on any atom is 0.397 e. The Morgan fingerprint density at radius 3 is 1.00 bits per heavy atom. The fourth-order valence-corrected chi connectivity index (χ4v) is 27.0. The van der Waals surface area contributed by atoms with Crippen molar-refractivity contribution in [2.45, 2.75) is 58.5 Å². The monoisotopic (exact) mass is 1860 g/mol. The highest BCUT2D eigenvalue weighted by Crippen LogP contribution is 2.61. The zero-order chi connectivity index (χ0) is 95.6. The minimum atomic E-state index is -0.721. The molecule has 0 saturated heterocycles. The normalized spacial score (nSPS) is 16.0. The zero-order valence-corrected chi connectivity index (χ0v) is 79.7. The molecule has 0 radical (unpaired) electrons. The highest BCUT2D eigenvalue weighted by molar-refractivity contribution is 6.15. The van der Waals surface area contributed by atoms with Crippen molar-refractivity contribution in [3.63, 3.8) is 0 Å². The molecule has 0 saturated carbocycles. The van der Waals surface area contributed by atoms with E-state index in [1.165, 1.54) is 138 Å². The Hall–Kier alpha value is -19.2. The summed E-state index contributed by atoms with van der Waals surface area (Å²) in [5.41, 5.74) is 35.0. The van der Waals surface area contributed by atoms with Gasteiger partial charge in [-0.1, -0.05) is 232 Å². The molecule has 9 aliphatic rings. The molecule has 9 aliphatic heterocycles. The van der Waals surface area contributed by atoms with Crippen molar-refractivity contribution in [3.05, 3.63) is 490 Å². The molecule has 10 aromatic heterocycles. The van der Waals surface area contributed by atoms with Crippen LogP contribution in [0.25, 0.3) is 156 Å². The van der Waals surface area contributed by atoms with Crippen LogP contribution in [0.5, 0.6) is 34.5 Å². The van der Waals surface area contributed by atoms with Crippen LogP contribution in [-0.2, 0) is 17.0 Å². The van der Waals surface area contributed by atoms with Crippen molar-refractivity contribution in [2.75, 3.05) is 0 Å². The van der Waals surface area contributed by atoms with E-state index in [4.69, 9.17) is 14.2 Å². The summed E-state index contributed by atoms with van der Waals surface area (Å²) in [4.78, 5) is 0. The minimum absolute atomic E-state index is 0.689. The first-order chi connectivity index (χ1) is 71.5. The van der Waals surface area contributed by atoms with Crippen LogP contribution in [-0.4, -0.2) is 32.3 Å². The Balaban J connectivity index is 0.0000000980. The summed E-state index contributed by atoms with van der Waals surface area (Å²) in [5.74, 6) is 19.2. The van der Waals surface area contributed by atoms with E-state index >= 15 is 0 Å². The molecule has 19 heterocycles. The second kappa shape index (κ2) is 28.6. The van der Waals surface area contributed by atoms with Crippen LogP contribution in [0.2, 0.25) is 0 Å². The summed E-state index contributed by atoms with van der Waals surface area (Å²) in [6.07, 6.45) is 11.1. The molecule has 34 rings (SSSR count).